The van der Waals surface area contributed by atoms with Gasteiger partial charge in [-0.25, -0.2) is 4.98 Å². The highest BCUT2D eigenvalue weighted by Gasteiger charge is 2.28. The van der Waals surface area contributed by atoms with Gasteiger partial charge in [-0.15, -0.1) is 0 Å². The van der Waals surface area contributed by atoms with E-state index in [0.717, 1.165) is 26.8 Å². The molecule has 1 aliphatic heterocycles. The molecular formula is C27H30BrN5O5. The van der Waals surface area contributed by atoms with E-state index in [1.54, 1.807) is 37.6 Å². The summed E-state index contributed by atoms with van der Waals surface area (Å²) in [5.74, 6) is 1.09. The molecule has 5 N–H and O–H groups in total. The van der Waals surface area contributed by atoms with Crippen LogP contribution in [0.25, 0.3) is 22.4 Å². The standard InChI is InChI=1S/C27H30BrN5O5/c1-14-10-17(33-8-9-38-27(36)15(33)2)12-20-24(14)32-25(31-20)23-19(6-7-29-26(23)35)30-13-21(34)16-4-5-22(37-3)18(28)11-16/h4-7,10-12,15,21,27,34,36H,8-9,13H2,1-3H3,(H,31,32)(H2,29,30,35)/t15-,21+,27?/m0/s1. The average molecular weight is 584 g/mol. The van der Waals surface area contributed by atoms with Gasteiger partial charge in [-0.3, -0.25) is 4.79 Å². The quantitative estimate of drug-likeness (QED) is 0.222. The highest BCUT2D eigenvalue weighted by molar-refractivity contribution is 9.10. The number of nitrogens with zero attached hydrogens (tertiary/aromatic N) is 2. The second kappa shape index (κ2) is 10.8. The van der Waals surface area contributed by atoms with Crippen molar-refractivity contribution in [2.45, 2.75) is 32.3 Å². The van der Waals surface area contributed by atoms with E-state index in [9.17, 15) is 15.0 Å². The number of benzene rings is 2. The number of ether oxygens (including phenoxy) is 2. The van der Waals surface area contributed by atoms with Gasteiger partial charge in [0, 0.05) is 25.0 Å². The van der Waals surface area contributed by atoms with Crippen LogP contribution in [0.3, 0.4) is 0 Å². The Morgan fingerprint density at radius 3 is 2.89 bits per heavy atom. The van der Waals surface area contributed by atoms with Crippen LogP contribution in [0.2, 0.25) is 0 Å². The molecule has 5 rings (SSSR count). The minimum atomic E-state index is -0.858. The molecule has 2 aromatic heterocycles. The van der Waals surface area contributed by atoms with Gasteiger partial charge in [0.1, 0.15) is 17.1 Å². The zero-order chi connectivity index (χ0) is 27.0. The molecule has 3 heterocycles. The Morgan fingerprint density at radius 2 is 2.13 bits per heavy atom. The average Bonchev–Trinajstić information content (AvgIpc) is 3.33. The van der Waals surface area contributed by atoms with Gasteiger partial charge < -0.3 is 39.9 Å². The molecule has 10 nitrogen and oxygen atoms in total. The Bertz CT molecular complexity index is 1520. The Kier molecular flexibility index (Phi) is 7.44. The maximum absolute atomic E-state index is 12.9. The monoisotopic (exact) mass is 583 g/mol. The molecule has 4 aromatic rings. The van der Waals surface area contributed by atoms with Gasteiger partial charge in [0.2, 0.25) is 0 Å². The fraction of sp³-hybridized carbons (Fsp3) is 0.333. The Hall–Kier alpha value is -3.38. The van der Waals surface area contributed by atoms with Gasteiger partial charge >= 0.3 is 0 Å². The number of morpholine rings is 1. The van der Waals surface area contributed by atoms with Crippen molar-refractivity contribution in [3.8, 4) is 17.1 Å². The van der Waals surface area contributed by atoms with E-state index in [1.807, 2.05) is 26.0 Å². The summed E-state index contributed by atoms with van der Waals surface area (Å²) in [7, 11) is 1.58. The molecule has 0 bridgehead atoms. The molecule has 0 saturated carbocycles. The number of methoxy groups -OCH3 is 1. The second-order valence-corrected chi connectivity index (χ2v) is 10.2. The molecule has 0 aliphatic carbocycles. The first-order valence-corrected chi connectivity index (χ1v) is 13.1. The van der Waals surface area contributed by atoms with Gasteiger partial charge in [-0.05, 0) is 71.2 Å². The van der Waals surface area contributed by atoms with E-state index in [1.165, 1.54) is 0 Å². The number of hydrogen-bond acceptors (Lipinski definition) is 8. The molecule has 1 fully saturated rings. The number of aromatic amines is 2. The molecule has 200 valence electrons. The van der Waals surface area contributed by atoms with Crippen molar-refractivity contribution >= 4 is 38.3 Å². The lowest BCUT2D eigenvalue weighted by atomic mass is 10.1. The van der Waals surface area contributed by atoms with Gasteiger partial charge in [-0.2, -0.15) is 0 Å². The zero-order valence-electron chi connectivity index (χ0n) is 21.3. The number of pyridine rings is 1. The third-order valence-electron chi connectivity index (χ3n) is 6.86. The molecule has 38 heavy (non-hydrogen) atoms. The molecule has 0 amide bonds. The maximum Gasteiger partial charge on any atom is 0.261 e. The first kappa shape index (κ1) is 26.2. The molecule has 11 heteroatoms. The number of imidazole rings is 1. The smallest absolute Gasteiger partial charge is 0.261 e. The normalized spacial score (nSPS) is 18.5. The number of aliphatic hydroxyl groups is 2. The summed E-state index contributed by atoms with van der Waals surface area (Å²) in [6.07, 6.45) is -0.125. The number of aliphatic hydroxyl groups excluding tert-OH is 2. The van der Waals surface area contributed by atoms with Crippen molar-refractivity contribution < 1.29 is 19.7 Å². The summed E-state index contributed by atoms with van der Waals surface area (Å²) in [5.41, 5.74) is 4.70. The van der Waals surface area contributed by atoms with Crippen molar-refractivity contribution in [1.82, 2.24) is 15.0 Å². The van der Waals surface area contributed by atoms with E-state index in [2.05, 4.69) is 36.1 Å². The van der Waals surface area contributed by atoms with Crippen LogP contribution in [0, 0.1) is 6.92 Å². The molecule has 2 aromatic carbocycles. The summed E-state index contributed by atoms with van der Waals surface area (Å²) in [5, 5.41) is 24.1. The summed E-state index contributed by atoms with van der Waals surface area (Å²) >= 11 is 3.45. The van der Waals surface area contributed by atoms with Crippen LogP contribution in [-0.4, -0.2) is 64.3 Å². The molecule has 3 atom stereocenters. The fourth-order valence-electron chi connectivity index (χ4n) is 4.76. The van der Waals surface area contributed by atoms with Crippen molar-refractivity contribution in [3.05, 3.63) is 68.5 Å². The van der Waals surface area contributed by atoms with E-state index < -0.39 is 12.4 Å². The number of rotatable bonds is 7. The Balaban J connectivity index is 1.44. The molecule has 1 unspecified atom stereocenters. The number of hydrogen-bond donors (Lipinski definition) is 5. The molecule has 1 aliphatic rings. The number of halogens is 1. The molecular weight excluding hydrogens is 554 g/mol. The van der Waals surface area contributed by atoms with Gasteiger partial charge in [0.05, 0.1) is 47.1 Å². The third-order valence-corrected chi connectivity index (χ3v) is 7.48. The summed E-state index contributed by atoms with van der Waals surface area (Å²) in [6, 6.07) is 10.9. The SMILES string of the molecule is COc1ccc([C@H](O)CNc2cc[nH]c(=O)c2-c2nc3c(C)cc(N4CCOC(O)[C@@H]4C)cc3[nH]2)cc1Br. The summed E-state index contributed by atoms with van der Waals surface area (Å²) < 4.78 is 11.4. The van der Waals surface area contributed by atoms with Crippen molar-refractivity contribution in [2.75, 3.05) is 37.0 Å². The lowest BCUT2D eigenvalue weighted by Gasteiger charge is -2.38. The number of fused-ring (bicyclic) bond motifs is 1. The van der Waals surface area contributed by atoms with E-state index in [4.69, 9.17) is 14.5 Å². The minimum absolute atomic E-state index is 0.176. The van der Waals surface area contributed by atoms with Crippen LogP contribution < -0.4 is 20.5 Å². The van der Waals surface area contributed by atoms with E-state index in [0.29, 0.717) is 41.5 Å². The first-order chi connectivity index (χ1) is 18.3. The van der Waals surface area contributed by atoms with Crippen molar-refractivity contribution in [3.63, 3.8) is 0 Å². The lowest BCUT2D eigenvalue weighted by molar-refractivity contribution is -0.125. The fourth-order valence-corrected chi connectivity index (χ4v) is 5.32. The van der Waals surface area contributed by atoms with Crippen LogP contribution >= 0.6 is 15.9 Å². The van der Waals surface area contributed by atoms with Gasteiger partial charge in [0.25, 0.3) is 5.56 Å². The third kappa shape index (κ3) is 5.02. The highest BCUT2D eigenvalue weighted by Crippen LogP contribution is 2.32. The number of nitrogens with one attached hydrogen (secondary N) is 3. The van der Waals surface area contributed by atoms with E-state index in [-0.39, 0.29) is 18.1 Å². The van der Waals surface area contributed by atoms with Crippen LogP contribution in [0.4, 0.5) is 11.4 Å². The van der Waals surface area contributed by atoms with Crippen molar-refractivity contribution in [2.24, 2.45) is 0 Å². The second-order valence-electron chi connectivity index (χ2n) is 9.33. The number of aromatic nitrogens is 3. The Morgan fingerprint density at radius 1 is 1.32 bits per heavy atom. The first-order valence-electron chi connectivity index (χ1n) is 12.3. The highest BCUT2D eigenvalue weighted by atomic mass is 79.9. The zero-order valence-corrected chi connectivity index (χ0v) is 22.9. The van der Waals surface area contributed by atoms with Crippen LogP contribution in [0.15, 0.2) is 51.9 Å². The number of anilines is 2. The van der Waals surface area contributed by atoms with Crippen LogP contribution in [0.1, 0.15) is 24.2 Å². The van der Waals surface area contributed by atoms with Gasteiger partial charge in [-0.1, -0.05) is 6.07 Å². The predicted molar refractivity (Wildman–Crippen MR) is 150 cm³/mol. The molecule has 1 saturated heterocycles. The maximum atomic E-state index is 12.9. The Labute approximate surface area is 227 Å². The molecule has 0 radical (unpaired) electrons. The minimum Gasteiger partial charge on any atom is -0.496 e. The van der Waals surface area contributed by atoms with Crippen LogP contribution in [0.5, 0.6) is 5.75 Å². The predicted octanol–water partition coefficient (Wildman–Crippen LogP) is 3.69. The number of H-pyrrole nitrogens is 2. The topological polar surface area (TPSA) is 136 Å². The molecule has 0 spiro atoms. The van der Waals surface area contributed by atoms with E-state index >= 15 is 0 Å². The van der Waals surface area contributed by atoms with Gasteiger partial charge in [0.15, 0.2) is 6.29 Å². The summed E-state index contributed by atoms with van der Waals surface area (Å²) in [4.78, 5) is 25.8. The number of aryl methyl sites for hydroxylation is 1. The van der Waals surface area contributed by atoms with Crippen LogP contribution in [-0.2, 0) is 4.74 Å². The summed E-state index contributed by atoms with van der Waals surface area (Å²) in [6.45, 7) is 5.15. The lowest BCUT2D eigenvalue weighted by Crippen LogP contribution is -2.49. The van der Waals surface area contributed by atoms with Crippen molar-refractivity contribution in [1.29, 1.82) is 0 Å². The largest absolute Gasteiger partial charge is 0.496 e.